The summed E-state index contributed by atoms with van der Waals surface area (Å²) in [4.78, 5) is 28.0. The van der Waals surface area contributed by atoms with E-state index in [1.54, 1.807) is 12.1 Å². The quantitative estimate of drug-likeness (QED) is 0.714. The molecule has 1 N–H and O–H groups in total. The fourth-order valence-electron chi connectivity index (χ4n) is 1.54. The molecule has 1 aliphatic rings. The van der Waals surface area contributed by atoms with Gasteiger partial charge in [0.2, 0.25) is 12.0 Å². The lowest BCUT2D eigenvalue weighted by molar-refractivity contribution is -0.166. The van der Waals surface area contributed by atoms with Crippen LogP contribution in [0.1, 0.15) is 20.7 Å². The topological polar surface area (TPSA) is 66.8 Å². The Morgan fingerprint density at radius 1 is 1.27 bits per heavy atom. The van der Waals surface area contributed by atoms with Crippen LogP contribution < -0.4 is 0 Å². The fraction of sp³-hybridized carbons (Fsp3) is 0.200. The Morgan fingerprint density at radius 3 is 2.47 bits per heavy atom. The first-order valence-electron chi connectivity index (χ1n) is 4.36. The summed E-state index contributed by atoms with van der Waals surface area (Å²) < 4.78 is 0. The molecule has 1 aromatic rings. The van der Waals surface area contributed by atoms with Gasteiger partial charge in [-0.2, -0.15) is 5.06 Å². The molecule has 0 radical (unpaired) electrons. The van der Waals surface area contributed by atoms with Crippen LogP contribution in [0.3, 0.4) is 0 Å². The molecule has 1 unspecified atom stereocenters. The number of nitrogens with zero attached hydrogens (tertiary/aromatic N) is 1. The second-order valence-electron chi connectivity index (χ2n) is 3.10. The molecule has 1 aromatic carbocycles. The maximum absolute atomic E-state index is 11.7. The molecule has 0 saturated heterocycles. The van der Waals surface area contributed by atoms with Crippen LogP contribution in [0, 0.1) is 0 Å². The van der Waals surface area contributed by atoms with Gasteiger partial charge in [-0.25, -0.2) is 0 Å². The molecule has 0 bridgehead atoms. The SMILES string of the molecule is CON1C(=O)c2ccccc2C(=O)C1O. The summed E-state index contributed by atoms with van der Waals surface area (Å²) in [6, 6.07) is 6.31. The predicted octanol–water partition coefficient (Wildman–Crippen LogP) is 0.205. The van der Waals surface area contributed by atoms with Crippen molar-refractivity contribution in [3.63, 3.8) is 0 Å². The van der Waals surface area contributed by atoms with Gasteiger partial charge in [0.15, 0.2) is 0 Å². The van der Waals surface area contributed by atoms with E-state index in [1.165, 1.54) is 19.2 Å². The van der Waals surface area contributed by atoms with Gasteiger partial charge in [0, 0.05) is 5.56 Å². The van der Waals surface area contributed by atoms with E-state index in [9.17, 15) is 14.7 Å². The first-order valence-corrected chi connectivity index (χ1v) is 4.36. The van der Waals surface area contributed by atoms with Gasteiger partial charge >= 0.3 is 0 Å². The molecule has 2 rings (SSSR count). The standard InChI is InChI=1S/C10H9NO4/c1-15-11-9(13)7-5-3-2-4-6(7)8(12)10(11)14/h2-5,10,14H,1H3. The van der Waals surface area contributed by atoms with Gasteiger partial charge in [-0.15, -0.1) is 0 Å². The molecule has 5 nitrogen and oxygen atoms in total. The van der Waals surface area contributed by atoms with Crippen molar-refractivity contribution in [3.05, 3.63) is 35.4 Å². The summed E-state index contributed by atoms with van der Waals surface area (Å²) in [5.41, 5.74) is 0.470. The van der Waals surface area contributed by atoms with E-state index in [4.69, 9.17) is 0 Å². The monoisotopic (exact) mass is 207 g/mol. The Morgan fingerprint density at radius 2 is 1.87 bits per heavy atom. The Hall–Kier alpha value is -1.72. The maximum atomic E-state index is 11.7. The first-order chi connectivity index (χ1) is 7.16. The van der Waals surface area contributed by atoms with Crippen LogP contribution in [-0.4, -0.2) is 35.2 Å². The summed E-state index contributed by atoms with van der Waals surface area (Å²) in [5, 5.41) is 10.1. The Kier molecular flexibility index (Phi) is 2.26. The number of rotatable bonds is 1. The molecule has 0 spiro atoms. The van der Waals surface area contributed by atoms with Crippen molar-refractivity contribution in [2.75, 3.05) is 7.11 Å². The van der Waals surface area contributed by atoms with Gasteiger partial charge in [-0.1, -0.05) is 18.2 Å². The Balaban J connectivity index is 2.57. The third-order valence-corrected chi connectivity index (χ3v) is 2.28. The normalized spacial score (nSPS) is 20.4. The van der Waals surface area contributed by atoms with Crippen LogP contribution in [0.5, 0.6) is 0 Å². The fourth-order valence-corrected chi connectivity index (χ4v) is 1.54. The number of carbonyl (C=O) groups excluding carboxylic acids is 2. The lowest BCUT2D eigenvalue weighted by atomic mass is 9.98. The molecular formula is C10H9NO4. The summed E-state index contributed by atoms with van der Waals surface area (Å²) in [7, 11) is 1.22. The van der Waals surface area contributed by atoms with Gasteiger partial charge < -0.3 is 5.11 Å². The van der Waals surface area contributed by atoms with E-state index in [0.29, 0.717) is 5.06 Å². The number of ketones is 1. The van der Waals surface area contributed by atoms with Crippen molar-refractivity contribution in [3.8, 4) is 0 Å². The number of Topliss-reactive ketones (excluding diaryl/α,β-unsaturated/α-hetero) is 1. The summed E-state index contributed by atoms with van der Waals surface area (Å²) in [6.07, 6.45) is -1.56. The van der Waals surface area contributed by atoms with Crippen molar-refractivity contribution in [2.45, 2.75) is 6.23 Å². The average Bonchev–Trinajstić information content (AvgIpc) is 2.27. The van der Waals surface area contributed by atoms with Crippen molar-refractivity contribution < 1.29 is 19.5 Å². The third-order valence-electron chi connectivity index (χ3n) is 2.28. The number of hydrogen-bond acceptors (Lipinski definition) is 4. The zero-order valence-corrected chi connectivity index (χ0v) is 8.01. The molecule has 0 aliphatic carbocycles. The van der Waals surface area contributed by atoms with E-state index in [1.807, 2.05) is 0 Å². The predicted molar refractivity (Wildman–Crippen MR) is 50.0 cm³/mol. The number of carbonyl (C=O) groups is 2. The lowest BCUT2D eigenvalue weighted by Crippen LogP contribution is -2.48. The van der Waals surface area contributed by atoms with Crippen molar-refractivity contribution in [1.29, 1.82) is 0 Å². The van der Waals surface area contributed by atoms with Crippen LogP contribution in [0.4, 0.5) is 0 Å². The van der Waals surface area contributed by atoms with Gasteiger partial charge in [0.25, 0.3) is 5.91 Å². The highest BCUT2D eigenvalue weighted by atomic mass is 16.7. The average molecular weight is 207 g/mol. The molecule has 15 heavy (non-hydrogen) atoms. The van der Waals surface area contributed by atoms with Crippen molar-refractivity contribution in [2.24, 2.45) is 0 Å². The summed E-state index contributed by atoms with van der Waals surface area (Å²) in [6.45, 7) is 0. The smallest absolute Gasteiger partial charge is 0.281 e. The van der Waals surface area contributed by atoms with Crippen LogP contribution in [-0.2, 0) is 4.84 Å². The third kappa shape index (κ3) is 1.33. The molecule has 1 heterocycles. The highest BCUT2D eigenvalue weighted by Crippen LogP contribution is 2.21. The summed E-state index contributed by atoms with van der Waals surface area (Å²) in [5.74, 6) is -1.05. The molecule has 1 aliphatic heterocycles. The minimum absolute atomic E-state index is 0.225. The molecule has 0 saturated carbocycles. The van der Waals surface area contributed by atoms with E-state index < -0.39 is 17.9 Å². The van der Waals surface area contributed by atoms with Gasteiger partial charge in [0.05, 0.1) is 12.7 Å². The number of aliphatic hydroxyl groups excluding tert-OH is 1. The van der Waals surface area contributed by atoms with E-state index >= 15 is 0 Å². The van der Waals surface area contributed by atoms with Crippen molar-refractivity contribution >= 4 is 11.7 Å². The number of amides is 1. The van der Waals surface area contributed by atoms with Crippen LogP contribution in [0.25, 0.3) is 0 Å². The molecule has 78 valence electrons. The number of hydroxylamine groups is 2. The van der Waals surface area contributed by atoms with Crippen molar-refractivity contribution in [1.82, 2.24) is 5.06 Å². The Bertz CT molecular complexity index is 429. The molecular weight excluding hydrogens is 198 g/mol. The minimum atomic E-state index is -1.56. The second kappa shape index (κ2) is 3.45. The second-order valence-corrected chi connectivity index (χ2v) is 3.10. The molecule has 0 fully saturated rings. The zero-order chi connectivity index (χ0) is 11.0. The number of fused-ring (bicyclic) bond motifs is 1. The maximum Gasteiger partial charge on any atom is 0.281 e. The zero-order valence-electron chi connectivity index (χ0n) is 8.01. The van der Waals surface area contributed by atoms with E-state index in [-0.39, 0.29) is 11.1 Å². The van der Waals surface area contributed by atoms with Gasteiger partial charge in [-0.05, 0) is 6.07 Å². The van der Waals surface area contributed by atoms with E-state index in [2.05, 4.69) is 4.84 Å². The molecule has 5 heteroatoms. The largest absolute Gasteiger partial charge is 0.365 e. The van der Waals surface area contributed by atoms with Crippen LogP contribution >= 0.6 is 0 Å². The minimum Gasteiger partial charge on any atom is -0.365 e. The number of hydrogen-bond donors (Lipinski definition) is 1. The molecule has 0 aromatic heterocycles. The van der Waals surface area contributed by atoms with Crippen LogP contribution in [0.2, 0.25) is 0 Å². The lowest BCUT2D eigenvalue weighted by Gasteiger charge is -2.29. The van der Waals surface area contributed by atoms with E-state index in [0.717, 1.165) is 0 Å². The molecule has 1 amide bonds. The van der Waals surface area contributed by atoms with Crippen LogP contribution in [0.15, 0.2) is 24.3 Å². The van der Waals surface area contributed by atoms with Gasteiger partial charge in [0.1, 0.15) is 0 Å². The Labute approximate surface area is 85.8 Å². The highest BCUT2D eigenvalue weighted by Gasteiger charge is 2.37. The number of benzene rings is 1. The number of aliphatic hydroxyl groups is 1. The first kappa shape index (κ1) is 9.82. The van der Waals surface area contributed by atoms with Gasteiger partial charge in [-0.3, -0.25) is 14.4 Å². The molecule has 1 atom stereocenters. The highest BCUT2D eigenvalue weighted by molar-refractivity contribution is 6.14. The summed E-state index contributed by atoms with van der Waals surface area (Å²) >= 11 is 0.